The van der Waals surface area contributed by atoms with Gasteiger partial charge in [0.25, 0.3) is 0 Å². The van der Waals surface area contributed by atoms with Crippen molar-refractivity contribution in [1.82, 2.24) is 14.9 Å². The average molecular weight is 443 g/mol. The van der Waals surface area contributed by atoms with Crippen LogP contribution in [-0.4, -0.2) is 47.0 Å². The Bertz CT molecular complexity index is 937. The van der Waals surface area contributed by atoms with Crippen molar-refractivity contribution >= 4 is 33.3 Å². The van der Waals surface area contributed by atoms with Crippen LogP contribution in [0.25, 0.3) is 10.2 Å². The number of amides is 1. The quantitative estimate of drug-likeness (QED) is 0.582. The van der Waals surface area contributed by atoms with Crippen molar-refractivity contribution in [2.24, 2.45) is 5.41 Å². The first-order valence-electron chi connectivity index (χ1n) is 12.1. The zero-order valence-electron chi connectivity index (χ0n) is 20.0. The summed E-state index contributed by atoms with van der Waals surface area (Å²) in [7, 11) is 0. The molecule has 0 radical (unpaired) electrons. The Kier molecular flexibility index (Phi) is 6.57. The second-order valence-corrected chi connectivity index (χ2v) is 11.6. The van der Waals surface area contributed by atoms with Gasteiger partial charge in [-0.15, -0.1) is 11.3 Å². The van der Waals surface area contributed by atoms with E-state index in [0.717, 1.165) is 50.7 Å². The lowest BCUT2D eigenvalue weighted by Crippen LogP contribution is -2.49. The average Bonchev–Trinajstić information content (AvgIpc) is 2.92. The molecule has 2 aromatic heterocycles. The number of carbonyl (C=O) groups excluding carboxylic acids is 1. The maximum atomic E-state index is 12.7. The van der Waals surface area contributed by atoms with Gasteiger partial charge in [-0.3, -0.25) is 4.79 Å². The molecule has 2 aliphatic rings. The molecule has 0 bridgehead atoms. The molecule has 0 spiro atoms. The molecule has 6 heteroatoms. The molecule has 1 amide bonds. The summed E-state index contributed by atoms with van der Waals surface area (Å²) in [6.07, 6.45) is 7.86. The SMILES string of the molecule is CCC(C)c1nc(N2CCN(C(=O)CC(C)(C)C)CC2)c2c3c(sc2n1)CCCCC3. The summed E-state index contributed by atoms with van der Waals surface area (Å²) in [5.74, 6) is 2.75. The monoisotopic (exact) mass is 442 g/mol. The highest BCUT2D eigenvalue weighted by atomic mass is 32.1. The molecule has 0 saturated carbocycles. The topological polar surface area (TPSA) is 49.3 Å². The van der Waals surface area contributed by atoms with E-state index in [4.69, 9.17) is 9.97 Å². The number of fused-ring (bicyclic) bond motifs is 3. The summed E-state index contributed by atoms with van der Waals surface area (Å²) in [5, 5.41) is 1.31. The molecular weight excluding hydrogens is 404 g/mol. The molecule has 1 atom stereocenters. The molecular formula is C25H38N4OS. The number of anilines is 1. The number of thiophene rings is 1. The molecule has 1 aliphatic carbocycles. The lowest BCUT2D eigenvalue weighted by atomic mass is 9.91. The van der Waals surface area contributed by atoms with Crippen LogP contribution in [0, 0.1) is 5.41 Å². The summed E-state index contributed by atoms with van der Waals surface area (Å²) >= 11 is 1.90. The van der Waals surface area contributed by atoms with Crippen molar-refractivity contribution in [3.63, 3.8) is 0 Å². The summed E-state index contributed by atoms with van der Waals surface area (Å²) in [6, 6.07) is 0. The fourth-order valence-electron chi connectivity index (χ4n) is 4.70. The van der Waals surface area contributed by atoms with Crippen LogP contribution in [0.15, 0.2) is 0 Å². The van der Waals surface area contributed by atoms with Crippen LogP contribution in [0.1, 0.15) is 88.9 Å². The molecule has 0 aromatic carbocycles. The van der Waals surface area contributed by atoms with E-state index in [1.165, 1.54) is 46.3 Å². The predicted octanol–water partition coefficient (Wildman–Crippen LogP) is 5.56. The van der Waals surface area contributed by atoms with Gasteiger partial charge in [0.1, 0.15) is 16.5 Å². The van der Waals surface area contributed by atoms with Crippen LogP contribution >= 0.6 is 11.3 Å². The van der Waals surface area contributed by atoms with Crippen LogP contribution in [-0.2, 0) is 17.6 Å². The van der Waals surface area contributed by atoms with E-state index in [0.29, 0.717) is 12.3 Å². The third-order valence-electron chi connectivity index (χ3n) is 6.73. The van der Waals surface area contributed by atoms with Gasteiger partial charge < -0.3 is 9.80 Å². The molecule has 1 saturated heterocycles. The molecule has 1 fully saturated rings. The minimum absolute atomic E-state index is 0.0342. The number of hydrogen-bond donors (Lipinski definition) is 0. The van der Waals surface area contributed by atoms with Crippen molar-refractivity contribution in [2.45, 2.75) is 85.5 Å². The number of piperazine rings is 1. The van der Waals surface area contributed by atoms with E-state index in [1.54, 1.807) is 0 Å². The fourth-order valence-corrected chi connectivity index (χ4v) is 5.96. The highest BCUT2D eigenvalue weighted by Crippen LogP contribution is 2.40. The van der Waals surface area contributed by atoms with Crippen LogP contribution in [0.5, 0.6) is 0 Å². The van der Waals surface area contributed by atoms with Crippen LogP contribution in [0.2, 0.25) is 0 Å². The Labute approximate surface area is 191 Å². The normalized spacial score (nSPS) is 18.7. The number of hydrogen-bond acceptors (Lipinski definition) is 5. The smallest absolute Gasteiger partial charge is 0.223 e. The van der Waals surface area contributed by atoms with Crippen molar-refractivity contribution in [3.8, 4) is 0 Å². The fraction of sp³-hybridized carbons (Fsp3) is 0.720. The van der Waals surface area contributed by atoms with Crippen LogP contribution in [0.3, 0.4) is 0 Å². The molecule has 5 nitrogen and oxygen atoms in total. The molecule has 1 aliphatic heterocycles. The zero-order chi connectivity index (χ0) is 22.2. The Hall–Kier alpha value is -1.69. The van der Waals surface area contributed by atoms with Crippen LogP contribution < -0.4 is 4.90 Å². The largest absolute Gasteiger partial charge is 0.352 e. The van der Waals surface area contributed by atoms with E-state index in [2.05, 4.69) is 39.5 Å². The molecule has 170 valence electrons. The predicted molar refractivity (Wildman–Crippen MR) is 130 cm³/mol. The molecule has 0 N–H and O–H groups in total. The zero-order valence-corrected chi connectivity index (χ0v) is 20.8. The van der Waals surface area contributed by atoms with Crippen molar-refractivity contribution in [1.29, 1.82) is 0 Å². The molecule has 2 aromatic rings. The van der Waals surface area contributed by atoms with Gasteiger partial charge in [-0.2, -0.15) is 0 Å². The second kappa shape index (κ2) is 9.05. The first-order chi connectivity index (χ1) is 14.8. The minimum atomic E-state index is 0.0342. The number of aromatic nitrogens is 2. The summed E-state index contributed by atoms with van der Waals surface area (Å²) < 4.78 is 0. The number of carbonyl (C=O) groups is 1. The van der Waals surface area contributed by atoms with Gasteiger partial charge in [-0.1, -0.05) is 41.0 Å². The number of nitrogens with zero attached hydrogens (tertiary/aromatic N) is 4. The van der Waals surface area contributed by atoms with E-state index >= 15 is 0 Å². The Morgan fingerprint density at radius 2 is 1.77 bits per heavy atom. The Balaban J connectivity index is 1.65. The van der Waals surface area contributed by atoms with Gasteiger partial charge in [0.05, 0.1) is 5.39 Å². The summed E-state index contributed by atoms with van der Waals surface area (Å²) in [4.78, 5) is 30.1. The first-order valence-corrected chi connectivity index (χ1v) is 12.9. The van der Waals surface area contributed by atoms with E-state index in [9.17, 15) is 4.79 Å². The molecule has 31 heavy (non-hydrogen) atoms. The lowest BCUT2D eigenvalue weighted by molar-refractivity contribution is -0.133. The molecule has 1 unspecified atom stereocenters. The maximum Gasteiger partial charge on any atom is 0.223 e. The molecule has 3 heterocycles. The summed E-state index contributed by atoms with van der Waals surface area (Å²) in [5.41, 5.74) is 1.54. The highest BCUT2D eigenvalue weighted by Gasteiger charge is 2.29. The van der Waals surface area contributed by atoms with Gasteiger partial charge in [0.15, 0.2) is 0 Å². The summed E-state index contributed by atoms with van der Waals surface area (Å²) in [6.45, 7) is 14.1. The van der Waals surface area contributed by atoms with E-state index in [-0.39, 0.29) is 11.3 Å². The highest BCUT2D eigenvalue weighted by molar-refractivity contribution is 7.19. The maximum absolute atomic E-state index is 12.7. The third-order valence-corrected chi connectivity index (χ3v) is 7.92. The van der Waals surface area contributed by atoms with Gasteiger partial charge in [0.2, 0.25) is 5.91 Å². The van der Waals surface area contributed by atoms with Gasteiger partial charge in [0, 0.05) is 43.4 Å². The number of rotatable bonds is 4. The van der Waals surface area contributed by atoms with Gasteiger partial charge >= 0.3 is 0 Å². The van der Waals surface area contributed by atoms with Crippen molar-refractivity contribution in [3.05, 3.63) is 16.3 Å². The van der Waals surface area contributed by atoms with E-state index in [1.807, 2.05) is 16.2 Å². The minimum Gasteiger partial charge on any atom is -0.352 e. The Morgan fingerprint density at radius 1 is 1.06 bits per heavy atom. The lowest BCUT2D eigenvalue weighted by Gasteiger charge is -2.37. The molecule has 4 rings (SSSR count). The van der Waals surface area contributed by atoms with Crippen LogP contribution in [0.4, 0.5) is 5.82 Å². The first kappa shape index (κ1) is 22.5. The van der Waals surface area contributed by atoms with Crippen molar-refractivity contribution < 1.29 is 4.79 Å². The second-order valence-electron chi connectivity index (χ2n) is 10.6. The Morgan fingerprint density at radius 3 is 2.45 bits per heavy atom. The van der Waals surface area contributed by atoms with Gasteiger partial charge in [-0.25, -0.2) is 9.97 Å². The van der Waals surface area contributed by atoms with E-state index < -0.39 is 0 Å². The standard InChI is InChI=1S/C25H38N4OS/c1-6-17(2)22-26-23(21-18-10-8-7-9-11-19(18)31-24(21)27-22)29-14-12-28(13-15-29)20(30)16-25(3,4)5/h17H,6-16H2,1-5H3. The number of aryl methyl sites for hydroxylation is 2. The third kappa shape index (κ3) is 4.89. The van der Waals surface area contributed by atoms with Gasteiger partial charge in [-0.05, 0) is 43.1 Å². The van der Waals surface area contributed by atoms with Crippen molar-refractivity contribution in [2.75, 3.05) is 31.1 Å².